The number of halogens is 1. The lowest BCUT2D eigenvalue weighted by molar-refractivity contribution is 0.0692. The van der Waals surface area contributed by atoms with Crippen molar-refractivity contribution in [3.05, 3.63) is 65.2 Å². The Balaban J connectivity index is 0.00000312. The molecule has 2 rings (SSSR count). The Bertz CT molecular complexity index is 662. The van der Waals surface area contributed by atoms with E-state index >= 15 is 0 Å². The van der Waals surface area contributed by atoms with E-state index in [9.17, 15) is 4.79 Å². The fourth-order valence-corrected chi connectivity index (χ4v) is 2.68. The molecule has 0 heterocycles. The molecule has 0 unspecified atom stereocenters. The number of nitrogens with two attached hydrogens (primary N) is 1. The maximum Gasteiger partial charge on any atom is 0.254 e. The van der Waals surface area contributed by atoms with Crippen molar-refractivity contribution >= 4 is 24.0 Å². The van der Waals surface area contributed by atoms with E-state index in [0.717, 1.165) is 18.4 Å². The van der Waals surface area contributed by atoms with E-state index in [2.05, 4.69) is 12.1 Å². The Morgan fingerprint density at radius 2 is 1.84 bits per heavy atom. The van der Waals surface area contributed by atoms with Crippen LogP contribution in [0.2, 0.25) is 0 Å². The Kier molecular flexibility index (Phi) is 9.03. The molecule has 0 spiro atoms. The summed E-state index contributed by atoms with van der Waals surface area (Å²) in [7, 11) is 1.65. The van der Waals surface area contributed by atoms with E-state index in [0.29, 0.717) is 30.9 Å². The third-order valence-electron chi connectivity index (χ3n) is 4.08. The molecule has 0 radical (unpaired) electrons. The van der Waals surface area contributed by atoms with E-state index in [1.165, 1.54) is 5.56 Å². The molecule has 0 aromatic heterocycles. The monoisotopic (exact) mass is 362 g/mol. The summed E-state index contributed by atoms with van der Waals surface area (Å²) in [5, 5.41) is 0. The molecule has 0 saturated carbocycles. The molecule has 1 amide bonds. The van der Waals surface area contributed by atoms with E-state index in [4.69, 9.17) is 10.5 Å². The molecule has 25 heavy (non-hydrogen) atoms. The summed E-state index contributed by atoms with van der Waals surface area (Å²) in [6.45, 7) is 3.74. The molecule has 2 aromatic rings. The van der Waals surface area contributed by atoms with Gasteiger partial charge >= 0.3 is 0 Å². The standard InChI is InChI=1S/C20H26N2O2.ClH/c1-16-10-11-18(21)15-19(16)20(23)22(13-14-24-2)12-6-9-17-7-4-3-5-8-17;/h3-5,7-8,10-11,15H,6,9,12-14,21H2,1-2H3;1H. The van der Waals surface area contributed by atoms with Gasteiger partial charge in [-0.05, 0) is 43.0 Å². The minimum atomic E-state index is 0. The molecular weight excluding hydrogens is 336 g/mol. The Morgan fingerprint density at radius 1 is 1.12 bits per heavy atom. The predicted molar refractivity (Wildman–Crippen MR) is 105 cm³/mol. The summed E-state index contributed by atoms with van der Waals surface area (Å²) in [5.74, 6) is 0.0184. The number of hydrogen-bond donors (Lipinski definition) is 1. The van der Waals surface area contributed by atoms with Crippen LogP contribution in [0.25, 0.3) is 0 Å². The number of amides is 1. The Morgan fingerprint density at radius 3 is 2.52 bits per heavy atom. The van der Waals surface area contributed by atoms with Gasteiger partial charge in [-0.3, -0.25) is 4.79 Å². The summed E-state index contributed by atoms with van der Waals surface area (Å²) in [6, 6.07) is 15.8. The maximum atomic E-state index is 12.9. The first kappa shape index (κ1) is 21.0. The maximum absolute atomic E-state index is 12.9. The smallest absolute Gasteiger partial charge is 0.254 e. The number of benzene rings is 2. The molecule has 0 fully saturated rings. The van der Waals surface area contributed by atoms with Gasteiger partial charge in [-0.2, -0.15) is 0 Å². The second kappa shape index (κ2) is 10.7. The van der Waals surface area contributed by atoms with Crippen LogP contribution in [0.1, 0.15) is 27.9 Å². The highest BCUT2D eigenvalue weighted by Gasteiger charge is 2.17. The van der Waals surface area contributed by atoms with Crippen molar-refractivity contribution in [2.75, 3.05) is 32.5 Å². The third-order valence-corrected chi connectivity index (χ3v) is 4.08. The molecular formula is C20H27ClN2O2. The molecule has 0 atom stereocenters. The second-order valence-electron chi connectivity index (χ2n) is 5.95. The molecule has 0 aliphatic rings. The van der Waals surface area contributed by atoms with Crippen LogP contribution < -0.4 is 5.73 Å². The molecule has 4 nitrogen and oxygen atoms in total. The summed E-state index contributed by atoms with van der Waals surface area (Å²) in [5.41, 5.74) is 9.36. The average Bonchev–Trinajstić information content (AvgIpc) is 2.60. The van der Waals surface area contributed by atoms with E-state index < -0.39 is 0 Å². The molecule has 0 aliphatic carbocycles. The number of methoxy groups -OCH3 is 1. The summed E-state index contributed by atoms with van der Waals surface area (Å²) in [6.07, 6.45) is 1.87. The van der Waals surface area contributed by atoms with Gasteiger partial charge in [0, 0.05) is 31.5 Å². The van der Waals surface area contributed by atoms with Gasteiger partial charge in [0.05, 0.1) is 6.61 Å². The van der Waals surface area contributed by atoms with Crippen LogP contribution in [0.15, 0.2) is 48.5 Å². The van der Waals surface area contributed by atoms with Crippen molar-refractivity contribution in [3.63, 3.8) is 0 Å². The van der Waals surface area contributed by atoms with Crippen LogP contribution in [0.5, 0.6) is 0 Å². The second-order valence-corrected chi connectivity index (χ2v) is 5.95. The van der Waals surface area contributed by atoms with Gasteiger partial charge in [-0.15, -0.1) is 12.4 Å². The average molecular weight is 363 g/mol. The van der Waals surface area contributed by atoms with Crippen LogP contribution in [0.3, 0.4) is 0 Å². The fourth-order valence-electron chi connectivity index (χ4n) is 2.68. The first-order valence-electron chi connectivity index (χ1n) is 8.30. The van der Waals surface area contributed by atoms with Gasteiger partial charge in [0.2, 0.25) is 0 Å². The van der Waals surface area contributed by atoms with Crippen molar-refractivity contribution in [2.24, 2.45) is 0 Å². The van der Waals surface area contributed by atoms with Crippen molar-refractivity contribution in [3.8, 4) is 0 Å². The van der Waals surface area contributed by atoms with Crippen LogP contribution in [-0.2, 0) is 11.2 Å². The van der Waals surface area contributed by atoms with Crippen LogP contribution in [-0.4, -0.2) is 37.6 Å². The quantitative estimate of drug-likeness (QED) is 0.728. The first-order chi connectivity index (χ1) is 11.6. The number of carbonyl (C=O) groups is 1. The number of nitrogen functional groups attached to an aromatic ring is 1. The highest BCUT2D eigenvalue weighted by atomic mass is 35.5. The molecule has 2 aromatic carbocycles. The van der Waals surface area contributed by atoms with E-state index in [-0.39, 0.29) is 18.3 Å². The molecule has 0 bridgehead atoms. The van der Waals surface area contributed by atoms with Gasteiger partial charge < -0.3 is 15.4 Å². The van der Waals surface area contributed by atoms with Crippen LogP contribution in [0.4, 0.5) is 5.69 Å². The lowest BCUT2D eigenvalue weighted by Gasteiger charge is -2.23. The highest BCUT2D eigenvalue weighted by molar-refractivity contribution is 5.96. The number of ether oxygens (including phenoxy) is 1. The number of anilines is 1. The number of hydrogen-bond acceptors (Lipinski definition) is 3. The number of nitrogens with zero attached hydrogens (tertiary/aromatic N) is 1. The zero-order valence-corrected chi connectivity index (χ0v) is 15.7. The third kappa shape index (κ3) is 6.40. The van der Waals surface area contributed by atoms with Gasteiger partial charge in [-0.25, -0.2) is 0 Å². The molecule has 0 aliphatic heterocycles. The predicted octanol–water partition coefficient (Wildman–Crippen LogP) is 3.72. The van der Waals surface area contributed by atoms with Gasteiger partial charge in [0.25, 0.3) is 5.91 Å². The lowest BCUT2D eigenvalue weighted by atomic mass is 10.1. The van der Waals surface area contributed by atoms with Crippen LogP contribution >= 0.6 is 12.4 Å². The minimum Gasteiger partial charge on any atom is -0.399 e. The molecule has 0 saturated heterocycles. The zero-order chi connectivity index (χ0) is 17.4. The van der Waals surface area contributed by atoms with Crippen LogP contribution in [0, 0.1) is 6.92 Å². The van der Waals surface area contributed by atoms with Gasteiger partial charge in [0.15, 0.2) is 0 Å². The number of carbonyl (C=O) groups excluding carboxylic acids is 1. The van der Waals surface area contributed by atoms with E-state index in [1.807, 2.05) is 42.2 Å². The summed E-state index contributed by atoms with van der Waals surface area (Å²) >= 11 is 0. The largest absolute Gasteiger partial charge is 0.399 e. The Hall–Kier alpha value is -2.04. The number of rotatable bonds is 8. The number of aryl methyl sites for hydroxylation is 2. The molecule has 136 valence electrons. The lowest BCUT2D eigenvalue weighted by Crippen LogP contribution is -2.35. The Labute approximate surface area is 156 Å². The highest BCUT2D eigenvalue weighted by Crippen LogP contribution is 2.16. The van der Waals surface area contributed by atoms with Gasteiger partial charge in [0.1, 0.15) is 0 Å². The first-order valence-corrected chi connectivity index (χ1v) is 8.30. The molecule has 2 N–H and O–H groups in total. The van der Waals surface area contributed by atoms with Crippen molar-refractivity contribution in [2.45, 2.75) is 19.8 Å². The summed E-state index contributed by atoms with van der Waals surface area (Å²) < 4.78 is 5.16. The van der Waals surface area contributed by atoms with Crippen molar-refractivity contribution < 1.29 is 9.53 Å². The van der Waals surface area contributed by atoms with Crippen molar-refractivity contribution in [1.29, 1.82) is 0 Å². The fraction of sp³-hybridized carbons (Fsp3) is 0.350. The molecule has 5 heteroatoms. The minimum absolute atomic E-state index is 0. The SMILES string of the molecule is COCCN(CCCc1ccccc1)C(=O)c1cc(N)ccc1C.Cl. The topological polar surface area (TPSA) is 55.6 Å². The zero-order valence-electron chi connectivity index (χ0n) is 14.9. The van der Waals surface area contributed by atoms with Crippen molar-refractivity contribution in [1.82, 2.24) is 4.90 Å². The van der Waals surface area contributed by atoms with Gasteiger partial charge in [-0.1, -0.05) is 36.4 Å². The van der Waals surface area contributed by atoms with E-state index in [1.54, 1.807) is 13.2 Å². The summed E-state index contributed by atoms with van der Waals surface area (Å²) in [4.78, 5) is 14.7. The normalized spacial score (nSPS) is 10.2.